The lowest BCUT2D eigenvalue weighted by Gasteiger charge is -2.29. The molecule has 134 valence electrons. The summed E-state index contributed by atoms with van der Waals surface area (Å²) in [5.74, 6) is -0.328. The van der Waals surface area contributed by atoms with Gasteiger partial charge >= 0.3 is 5.97 Å². The summed E-state index contributed by atoms with van der Waals surface area (Å²) in [6.07, 6.45) is 4.40. The van der Waals surface area contributed by atoms with Gasteiger partial charge in [-0.1, -0.05) is 19.8 Å². The van der Waals surface area contributed by atoms with Crippen molar-refractivity contribution >= 4 is 17.7 Å². The topological polar surface area (TPSA) is 98.5 Å². The fourth-order valence-electron chi connectivity index (χ4n) is 3.23. The second-order valence-corrected chi connectivity index (χ2v) is 6.70. The molecule has 0 aliphatic heterocycles. The first-order chi connectivity index (χ1) is 11.9. The van der Waals surface area contributed by atoms with E-state index in [1.807, 2.05) is 19.9 Å². The van der Waals surface area contributed by atoms with Crippen molar-refractivity contribution in [1.29, 1.82) is 0 Å². The number of carbonyl (C=O) groups is 2. The van der Waals surface area contributed by atoms with Gasteiger partial charge in [0.15, 0.2) is 6.61 Å². The third-order valence-corrected chi connectivity index (χ3v) is 4.59. The van der Waals surface area contributed by atoms with Crippen LogP contribution in [0.1, 0.15) is 54.6 Å². The molecule has 1 saturated carbocycles. The van der Waals surface area contributed by atoms with E-state index < -0.39 is 5.97 Å². The second-order valence-electron chi connectivity index (χ2n) is 6.70. The predicted molar refractivity (Wildman–Crippen MR) is 90.1 cm³/mol. The molecule has 0 bridgehead atoms. The molecule has 0 unspecified atom stereocenters. The molecule has 2 atom stereocenters. The van der Waals surface area contributed by atoms with Gasteiger partial charge in [-0.3, -0.25) is 4.79 Å². The molecule has 25 heavy (non-hydrogen) atoms. The normalized spacial score (nSPS) is 20.4. The monoisotopic (exact) mass is 345 g/mol. The molecule has 2 aromatic heterocycles. The number of fused-ring (bicyclic) bond motifs is 1. The van der Waals surface area contributed by atoms with Crippen LogP contribution in [0.15, 0.2) is 6.07 Å². The molecule has 1 aliphatic rings. The van der Waals surface area contributed by atoms with Crippen molar-refractivity contribution in [2.75, 3.05) is 6.61 Å². The van der Waals surface area contributed by atoms with E-state index >= 15 is 0 Å². The molecule has 0 saturated heterocycles. The summed E-state index contributed by atoms with van der Waals surface area (Å²) in [6.45, 7) is 5.50. The fraction of sp³-hybridized carbons (Fsp3) is 0.588. The van der Waals surface area contributed by atoms with Gasteiger partial charge in [-0.2, -0.15) is 4.98 Å². The van der Waals surface area contributed by atoms with Gasteiger partial charge < -0.3 is 10.1 Å². The standard InChI is InChI=1S/C17H23N5O3/c1-10-6-4-5-7-13(10)19-14(23)9-25-16(24)15-20-17-18-11(2)8-12(3)22(17)21-15/h8,10,13H,4-7,9H2,1-3H3,(H,19,23)/t10-,13+/m1/s1. The average Bonchev–Trinajstić information content (AvgIpc) is 2.99. The zero-order valence-corrected chi connectivity index (χ0v) is 14.8. The Kier molecular flexibility index (Phi) is 4.96. The smallest absolute Gasteiger partial charge is 0.378 e. The number of amides is 1. The zero-order chi connectivity index (χ0) is 18.0. The number of carbonyl (C=O) groups excluding carboxylic acids is 2. The van der Waals surface area contributed by atoms with Crippen LogP contribution in [-0.4, -0.2) is 44.1 Å². The van der Waals surface area contributed by atoms with E-state index in [4.69, 9.17) is 4.74 Å². The number of ether oxygens (including phenoxy) is 1. The first-order valence-corrected chi connectivity index (χ1v) is 8.61. The molecular weight excluding hydrogens is 322 g/mol. The summed E-state index contributed by atoms with van der Waals surface area (Å²) in [5.41, 5.74) is 1.61. The summed E-state index contributed by atoms with van der Waals surface area (Å²) >= 11 is 0. The highest BCUT2D eigenvalue weighted by atomic mass is 16.5. The third-order valence-electron chi connectivity index (χ3n) is 4.59. The molecule has 2 heterocycles. The fourth-order valence-corrected chi connectivity index (χ4v) is 3.23. The molecule has 3 rings (SSSR count). The summed E-state index contributed by atoms with van der Waals surface area (Å²) in [7, 11) is 0. The van der Waals surface area contributed by atoms with Crippen LogP contribution < -0.4 is 5.32 Å². The number of hydrogen-bond acceptors (Lipinski definition) is 6. The Hall–Kier alpha value is -2.51. The number of aromatic nitrogens is 4. The molecule has 1 amide bonds. The first kappa shape index (κ1) is 17.3. The molecule has 0 spiro atoms. The molecular formula is C17H23N5O3. The quantitative estimate of drug-likeness (QED) is 0.845. The van der Waals surface area contributed by atoms with Gasteiger partial charge in [0.2, 0.25) is 0 Å². The van der Waals surface area contributed by atoms with E-state index in [0.717, 1.165) is 30.7 Å². The maximum Gasteiger partial charge on any atom is 0.378 e. The van der Waals surface area contributed by atoms with Crippen LogP contribution in [-0.2, 0) is 9.53 Å². The minimum Gasteiger partial charge on any atom is -0.450 e. The highest BCUT2D eigenvalue weighted by Crippen LogP contribution is 2.23. The summed E-state index contributed by atoms with van der Waals surface area (Å²) in [6, 6.07) is 2.00. The second kappa shape index (κ2) is 7.16. The van der Waals surface area contributed by atoms with E-state index in [1.54, 1.807) is 0 Å². The molecule has 0 radical (unpaired) electrons. The van der Waals surface area contributed by atoms with Crippen molar-refractivity contribution in [3.8, 4) is 0 Å². The van der Waals surface area contributed by atoms with E-state index in [1.165, 1.54) is 10.9 Å². The molecule has 1 aliphatic carbocycles. The van der Waals surface area contributed by atoms with Crippen molar-refractivity contribution < 1.29 is 14.3 Å². The summed E-state index contributed by atoms with van der Waals surface area (Å²) < 4.78 is 6.53. The Balaban J connectivity index is 1.59. The molecule has 8 heteroatoms. The van der Waals surface area contributed by atoms with Gasteiger partial charge in [-0.15, -0.1) is 5.10 Å². The van der Waals surface area contributed by atoms with Crippen LogP contribution in [0.3, 0.4) is 0 Å². The number of hydrogen-bond donors (Lipinski definition) is 1. The van der Waals surface area contributed by atoms with Crippen LogP contribution in [0.2, 0.25) is 0 Å². The van der Waals surface area contributed by atoms with Gasteiger partial charge in [0, 0.05) is 17.4 Å². The largest absolute Gasteiger partial charge is 0.450 e. The number of nitrogens with one attached hydrogen (secondary N) is 1. The van der Waals surface area contributed by atoms with E-state index in [9.17, 15) is 9.59 Å². The lowest BCUT2D eigenvalue weighted by molar-refractivity contribution is -0.125. The van der Waals surface area contributed by atoms with Gasteiger partial charge in [0.1, 0.15) is 0 Å². The highest BCUT2D eigenvalue weighted by Gasteiger charge is 2.24. The van der Waals surface area contributed by atoms with Crippen LogP contribution >= 0.6 is 0 Å². The van der Waals surface area contributed by atoms with Gasteiger partial charge in [-0.25, -0.2) is 14.3 Å². The Morgan fingerprint density at radius 3 is 2.80 bits per heavy atom. The minimum absolute atomic E-state index is 0.0972. The highest BCUT2D eigenvalue weighted by molar-refractivity contribution is 5.88. The van der Waals surface area contributed by atoms with Crippen LogP contribution in [0.5, 0.6) is 0 Å². The Morgan fingerprint density at radius 1 is 1.28 bits per heavy atom. The molecule has 8 nitrogen and oxygen atoms in total. The van der Waals surface area contributed by atoms with E-state index in [2.05, 4.69) is 27.3 Å². The maximum atomic E-state index is 12.1. The average molecular weight is 345 g/mol. The lowest BCUT2D eigenvalue weighted by Crippen LogP contribution is -2.42. The predicted octanol–water partition coefficient (Wildman–Crippen LogP) is 1.59. The Labute approximate surface area is 146 Å². The van der Waals surface area contributed by atoms with Crippen molar-refractivity contribution in [1.82, 2.24) is 24.9 Å². The van der Waals surface area contributed by atoms with Crippen molar-refractivity contribution in [3.05, 3.63) is 23.3 Å². The van der Waals surface area contributed by atoms with Crippen LogP contribution in [0.4, 0.5) is 0 Å². The zero-order valence-electron chi connectivity index (χ0n) is 14.8. The first-order valence-electron chi connectivity index (χ1n) is 8.61. The van der Waals surface area contributed by atoms with Crippen LogP contribution in [0.25, 0.3) is 5.78 Å². The van der Waals surface area contributed by atoms with Gasteiger partial charge in [0.05, 0.1) is 0 Å². The van der Waals surface area contributed by atoms with Crippen LogP contribution in [0, 0.1) is 19.8 Å². The Bertz CT molecular complexity index is 801. The van der Waals surface area contributed by atoms with E-state index in [0.29, 0.717) is 11.7 Å². The number of nitrogens with zero attached hydrogens (tertiary/aromatic N) is 4. The van der Waals surface area contributed by atoms with E-state index in [-0.39, 0.29) is 24.4 Å². The number of rotatable bonds is 4. The molecule has 0 aromatic carbocycles. The summed E-state index contributed by atoms with van der Waals surface area (Å²) in [4.78, 5) is 32.4. The van der Waals surface area contributed by atoms with Crippen molar-refractivity contribution in [3.63, 3.8) is 0 Å². The van der Waals surface area contributed by atoms with Crippen molar-refractivity contribution in [2.45, 2.75) is 52.5 Å². The van der Waals surface area contributed by atoms with Gasteiger partial charge in [0.25, 0.3) is 17.5 Å². The minimum atomic E-state index is -0.727. The lowest BCUT2D eigenvalue weighted by atomic mass is 9.86. The van der Waals surface area contributed by atoms with Gasteiger partial charge in [-0.05, 0) is 38.7 Å². The maximum absolute atomic E-state index is 12.1. The SMILES string of the molecule is Cc1cc(C)n2nc(C(=O)OCC(=O)N[C@H]3CCCC[C@H]3C)nc2n1. The Morgan fingerprint density at radius 2 is 2.04 bits per heavy atom. The molecule has 1 N–H and O–H groups in total. The summed E-state index contributed by atoms with van der Waals surface area (Å²) in [5, 5.41) is 7.04. The van der Waals surface area contributed by atoms with Crippen molar-refractivity contribution in [2.24, 2.45) is 5.92 Å². The molecule has 2 aromatic rings. The third kappa shape index (κ3) is 3.94. The number of aryl methyl sites for hydroxylation is 2. The number of esters is 1. The molecule has 1 fully saturated rings.